The number of carbonyl (C=O) groups is 3. The molecule has 0 amide bonds. The number of rotatable bonds is 5. The van der Waals surface area contributed by atoms with Gasteiger partial charge in [0.05, 0.1) is 28.5 Å². The second-order valence-electron chi connectivity index (χ2n) is 3.86. The molecule has 0 saturated carbocycles. The number of halogens is 1. The van der Waals surface area contributed by atoms with Crippen LogP contribution in [0.1, 0.15) is 43.7 Å². The van der Waals surface area contributed by atoms with Crippen molar-refractivity contribution < 1.29 is 23.9 Å². The summed E-state index contributed by atoms with van der Waals surface area (Å²) in [5.74, 6) is -1.65. The topological polar surface area (TPSA) is 109 Å². The number of alkyl halides is 1. The van der Waals surface area contributed by atoms with E-state index in [1.807, 2.05) is 6.92 Å². The van der Waals surface area contributed by atoms with Crippen molar-refractivity contribution in [2.24, 2.45) is 5.73 Å². The van der Waals surface area contributed by atoms with Gasteiger partial charge in [-0.15, -0.1) is 11.3 Å². The zero-order valence-electron chi connectivity index (χ0n) is 14.0. The molecule has 0 spiro atoms. The van der Waals surface area contributed by atoms with Crippen LogP contribution >= 0.6 is 39.5 Å². The summed E-state index contributed by atoms with van der Waals surface area (Å²) in [7, 11) is 0. The van der Waals surface area contributed by atoms with Crippen LogP contribution in [-0.2, 0) is 19.1 Å². The van der Waals surface area contributed by atoms with Crippen molar-refractivity contribution in [2.45, 2.75) is 35.1 Å². The Morgan fingerprint density at radius 2 is 1.76 bits per heavy atom. The van der Waals surface area contributed by atoms with Crippen molar-refractivity contribution in [1.29, 1.82) is 0 Å². The van der Waals surface area contributed by atoms with Gasteiger partial charge in [-0.2, -0.15) is 0 Å². The first-order chi connectivity index (χ1) is 11.2. The van der Waals surface area contributed by atoms with Gasteiger partial charge < -0.3 is 15.2 Å². The minimum absolute atomic E-state index is 0. The fraction of sp³-hybridized carbons (Fsp3) is 0.533. The van der Waals surface area contributed by atoms with Crippen molar-refractivity contribution in [3.05, 3.63) is 16.1 Å². The van der Waals surface area contributed by atoms with Crippen molar-refractivity contribution in [3.8, 4) is 0 Å². The molecule has 2 N–H and O–H groups in total. The van der Waals surface area contributed by atoms with E-state index in [0.29, 0.717) is 17.3 Å². The lowest BCUT2D eigenvalue weighted by molar-refractivity contribution is -0.152. The highest BCUT2D eigenvalue weighted by Gasteiger charge is 2.11. The summed E-state index contributed by atoms with van der Waals surface area (Å²) in [4.78, 5) is 36.2. The van der Waals surface area contributed by atoms with E-state index < -0.39 is 11.8 Å². The highest BCUT2D eigenvalue weighted by atomic mass is 79.9. The van der Waals surface area contributed by atoms with Crippen LogP contribution in [0.5, 0.6) is 0 Å². The molecule has 1 aromatic heterocycles. The molecule has 10 heteroatoms. The number of aryl methyl sites for hydroxylation is 1. The third-order valence-corrected chi connectivity index (χ3v) is 3.01. The van der Waals surface area contributed by atoms with Gasteiger partial charge in [0.15, 0.2) is 5.69 Å². The molecule has 0 aliphatic rings. The number of thiocarbonyl (C=S) groups is 1. The van der Waals surface area contributed by atoms with E-state index in [2.05, 4.69) is 37.9 Å². The molecule has 0 aliphatic heterocycles. The number of hydrogen-bond donors (Lipinski definition) is 1. The van der Waals surface area contributed by atoms with E-state index >= 15 is 0 Å². The number of ketones is 1. The largest absolute Gasteiger partial charge is 0.461 e. The molecule has 0 aliphatic carbocycles. The summed E-state index contributed by atoms with van der Waals surface area (Å²) in [6.45, 7) is 7.60. The van der Waals surface area contributed by atoms with Gasteiger partial charge >= 0.3 is 11.9 Å². The Balaban J connectivity index is -0.000000314. The first-order valence-corrected chi connectivity index (χ1v) is 9.21. The van der Waals surface area contributed by atoms with Gasteiger partial charge in [-0.1, -0.05) is 35.6 Å². The predicted octanol–water partition coefficient (Wildman–Crippen LogP) is 3.07. The maximum atomic E-state index is 11.0. The molecule has 0 fully saturated rings. The number of thiazole rings is 1. The summed E-state index contributed by atoms with van der Waals surface area (Å²) < 4.78 is 9.12. The van der Waals surface area contributed by atoms with Crippen LogP contribution in [0.2, 0.25) is 0 Å². The third-order valence-electron chi connectivity index (χ3n) is 1.73. The quantitative estimate of drug-likeness (QED) is 0.311. The highest BCUT2D eigenvalue weighted by molar-refractivity contribution is 9.09. The molecule has 144 valence electrons. The lowest BCUT2D eigenvalue weighted by atomic mass is 10.5. The Bertz CT molecular complexity index is 546. The molecule has 1 aromatic rings. The van der Waals surface area contributed by atoms with E-state index in [4.69, 9.17) is 10.5 Å². The van der Waals surface area contributed by atoms with E-state index in [1.165, 1.54) is 11.3 Å². The lowest BCUT2D eigenvalue weighted by Crippen LogP contribution is -2.17. The summed E-state index contributed by atoms with van der Waals surface area (Å²) in [5.41, 5.74) is 5.25. The normalized spacial score (nSPS) is 8.36. The highest BCUT2D eigenvalue weighted by Crippen LogP contribution is 2.08. The summed E-state index contributed by atoms with van der Waals surface area (Å²) in [6.07, 6.45) is 0. The van der Waals surface area contributed by atoms with E-state index in [1.54, 1.807) is 26.2 Å². The monoisotopic (exact) mass is 456 g/mol. The van der Waals surface area contributed by atoms with Gasteiger partial charge in [-0.3, -0.25) is 4.79 Å². The number of nitrogens with zero attached hydrogens (tertiary/aromatic N) is 1. The number of ether oxygens (including phenoxy) is 2. The summed E-state index contributed by atoms with van der Waals surface area (Å²) >= 11 is 8.60. The van der Waals surface area contributed by atoms with Crippen molar-refractivity contribution in [3.63, 3.8) is 0 Å². The number of aromatic nitrogens is 1. The smallest absolute Gasteiger partial charge is 0.375 e. The molecule has 0 radical (unpaired) electrons. The molecule has 0 saturated heterocycles. The number of esters is 2. The van der Waals surface area contributed by atoms with Crippen molar-refractivity contribution in [2.75, 3.05) is 18.5 Å². The molecular weight excluding hydrogens is 432 g/mol. The molecule has 0 unspecified atom stereocenters. The van der Waals surface area contributed by atoms with Gasteiger partial charge in [0, 0.05) is 5.38 Å². The standard InChI is InChI=1S/C7H9NO2S.C5H7BrO3.C2H5NS.CH4/c1-3-10-7(9)6-4-11-5(2)8-6;1-2-9-5(8)4(7)3-6;1-2(3)4;/h4H,3H2,1-2H3;2-3H2,1H3;1H3,(H2,3,4);1H4. The number of nitrogens with two attached hydrogens (primary N) is 1. The zero-order chi connectivity index (χ0) is 19.1. The van der Waals surface area contributed by atoms with E-state index in [9.17, 15) is 14.4 Å². The third kappa shape index (κ3) is 17.2. The van der Waals surface area contributed by atoms with E-state index in [0.717, 1.165) is 5.01 Å². The average molecular weight is 457 g/mol. The van der Waals surface area contributed by atoms with Gasteiger partial charge in [-0.05, 0) is 27.7 Å². The molecule has 0 bridgehead atoms. The first-order valence-electron chi connectivity index (χ1n) is 6.80. The Hall–Kier alpha value is -1.39. The Morgan fingerprint density at radius 3 is 2.08 bits per heavy atom. The minimum Gasteiger partial charge on any atom is -0.461 e. The molecule has 0 aromatic carbocycles. The Kier molecular flexibility index (Phi) is 19.8. The van der Waals surface area contributed by atoms with E-state index in [-0.39, 0.29) is 25.3 Å². The van der Waals surface area contributed by atoms with Crippen LogP contribution in [0.3, 0.4) is 0 Å². The molecule has 7 nitrogen and oxygen atoms in total. The maximum absolute atomic E-state index is 11.0. The fourth-order valence-corrected chi connectivity index (χ4v) is 1.74. The van der Waals surface area contributed by atoms with Crippen molar-refractivity contribution in [1.82, 2.24) is 4.98 Å². The minimum atomic E-state index is -0.769. The first kappa shape index (κ1) is 28.4. The number of Topliss-reactive ketones (excluding diaryl/α,β-unsaturated/α-hetero) is 1. The SMILES string of the molecule is C.CC(N)=S.CCOC(=O)C(=O)CBr.CCOC(=O)c1csc(C)n1. The van der Waals surface area contributed by atoms with Gasteiger partial charge in [0.1, 0.15) is 0 Å². The van der Waals surface area contributed by atoms with Crippen LogP contribution in [0.15, 0.2) is 5.38 Å². The number of hydrogen-bond acceptors (Lipinski definition) is 8. The van der Waals surface area contributed by atoms with Gasteiger partial charge in [-0.25, -0.2) is 14.6 Å². The summed E-state index contributed by atoms with van der Waals surface area (Å²) in [6, 6.07) is 0. The molecule has 1 heterocycles. The molecule has 25 heavy (non-hydrogen) atoms. The van der Waals surface area contributed by atoms with Crippen LogP contribution < -0.4 is 5.73 Å². The number of carbonyl (C=O) groups excluding carboxylic acids is 3. The maximum Gasteiger partial charge on any atom is 0.375 e. The van der Waals surface area contributed by atoms with Gasteiger partial charge in [0.2, 0.25) is 5.78 Å². The summed E-state index contributed by atoms with van der Waals surface area (Å²) in [5, 5.41) is 2.62. The van der Waals surface area contributed by atoms with Crippen LogP contribution in [0.4, 0.5) is 0 Å². The van der Waals surface area contributed by atoms with Crippen LogP contribution in [-0.4, -0.2) is 46.2 Å². The second kappa shape index (κ2) is 17.4. The molecule has 0 atom stereocenters. The average Bonchev–Trinajstić information content (AvgIpc) is 2.93. The lowest BCUT2D eigenvalue weighted by Gasteiger charge is -1.95. The second-order valence-corrected chi connectivity index (χ2v) is 6.13. The Labute approximate surface area is 166 Å². The van der Waals surface area contributed by atoms with Crippen molar-refractivity contribution >= 4 is 62.2 Å². The fourth-order valence-electron chi connectivity index (χ4n) is 0.928. The Morgan fingerprint density at radius 1 is 1.28 bits per heavy atom. The molecule has 1 rings (SSSR count). The molecular formula is C15H25BrN2O5S2. The van der Waals surface area contributed by atoms with Crippen LogP contribution in [0, 0.1) is 6.92 Å². The predicted molar refractivity (Wildman–Crippen MR) is 107 cm³/mol. The van der Waals surface area contributed by atoms with Gasteiger partial charge in [0.25, 0.3) is 0 Å². The van der Waals surface area contributed by atoms with Crippen LogP contribution in [0.25, 0.3) is 0 Å². The zero-order valence-corrected chi connectivity index (χ0v) is 17.2.